The van der Waals surface area contributed by atoms with Crippen molar-refractivity contribution in [3.63, 3.8) is 0 Å². The Labute approximate surface area is 218 Å². The molecule has 2 aromatic carbocycles. The summed E-state index contributed by atoms with van der Waals surface area (Å²) in [7, 11) is -2.12. The van der Waals surface area contributed by atoms with Crippen LogP contribution < -0.4 is 15.5 Å². The third-order valence-corrected chi connectivity index (χ3v) is 6.80. The van der Waals surface area contributed by atoms with Crippen LogP contribution in [0.5, 0.6) is 5.75 Å². The number of amidine groups is 1. The number of hydrogen-bond acceptors (Lipinski definition) is 9. The Kier molecular flexibility index (Phi) is 10.0. The van der Waals surface area contributed by atoms with Gasteiger partial charge in [-0.2, -0.15) is 8.42 Å². The SMILES string of the molecule is CCS(=O)(=O)OCCONC1=NC[C@@H](c2c(F)cc(Cl)cc2F)[C@@H]1NC(=O)OCc1ccc(OC)cc1. The number of hydrogen-bond donors (Lipinski definition) is 2. The highest BCUT2D eigenvalue weighted by Crippen LogP contribution is 2.32. The second kappa shape index (κ2) is 13.0. The number of aliphatic imine (C=N–C) groups is 1. The molecule has 0 spiro atoms. The van der Waals surface area contributed by atoms with E-state index >= 15 is 0 Å². The van der Waals surface area contributed by atoms with E-state index in [1.165, 1.54) is 14.0 Å². The molecule has 37 heavy (non-hydrogen) atoms. The molecule has 0 unspecified atom stereocenters. The minimum absolute atomic E-state index is 0.0542. The number of carbonyl (C=O) groups is 1. The van der Waals surface area contributed by atoms with Crippen LogP contribution in [0, 0.1) is 11.6 Å². The van der Waals surface area contributed by atoms with Crippen molar-refractivity contribution in [2.24, 2.45) is 4.99 Å². The Morgan fingerprint density at radius 1 is 1.16 bits per heavy atom. The first kappa shape index (κ1) is 28.6. The van der Waals surface area contributed by atoms with Gasteiger partial charge >= 0.3 is 6.09 Å². The zero-order valence-electron chi connectivity index (χ0n) is 20.0. The average Bonchev–Trinajstić information content (AvgIpc) is 3.23. The molecule has 0 fully saturated rings. The van der Waals surface area contributed by atoms with Gasteiger partial charge in [-0.25, -0.2) is 13.6 Å². The van der Waals surface area contributed by atoms with Crippen molar-refractivity contribution < 1.29 is 40.5 Å². The molecule has 0 bridgehead atoms. The van der Waals surface area contributed by atoms with Gasteiger partial charge in [0.05, 0.1) is 32.6 Å². The molecule has 2 aromatic rings. The molecule has 2 atom stereocenters. The predicted molar refractivity (Wildman–Crippen MR) is 131 cm³/mol. The van der Waals surface area contributed by atoms with Crippen LogP contribution in [0.25, 0.3) is 0 Å². The summed E-state index contributed by atoms with van der Waals surface area (Å²) in [5.41, 5.74) is 2.87. The molecule has 1 heterocycles. The highest BCUT2D eigenvalue weighted by atomic mass is 35.5. The van der Waals surface area contributed by atoms with Gasteiger partial charge in [0.15, 0.2) is 0 Å². The third kappa shape index (κ3) is 7.99. The van der Waals surface area contributed by atoms with Gasteiger partial charge in [0.25, 0.3) is 10.1 Å². The molecular weight excluding hydrogens is 536 g/mol. The fraction of sp³-hybridized carbons (Fsp3) is 0.391. The first-order valence-electron chi connectivity index (χ1n) is 11.1. The molecule has 0 radical (unpaired) electrons. The number of methoxy groups -OCH3 is 1. The lowest BCUT2D eigenvalue weighted by Gasteiger charge is -2.23. The summed E-state index contributed by atoms with van der Waals surface area (Å²) < 4.78 is 67.2. The monoisotopic (exact) mass is 561 g/mol. The van der Waals surface area contributed by atoms with E-state index < -0.39 is 39.8 Å². The second-order valence-electron chi connectivity index (χ2n) is 7.78. The summed E-state index contributed by atoms with van der Waals surface area (Å²) in [4.78, 5) is 22.0. The summed E-state index contributed by atoms with van der Waals surface area (Å²) in [5, 5.41) is 2.44. The molecule has 1 aliphatic rings. The maximum atomic E-state index is 14.7. The molecule has 1 aliphatic heterocycles. The molecule has 0 aromatic heterocycles. The minimum atomic E-state index is -3.65. The zero-order valence-corrected chi connectivity index (χ0v) is 21.6. The largest absolute Gasteiger partial charge is 0.497 e. The van der Waals surface area contributed by atoms with Gasteiger partial charge in [-0.1, -0.05) is 23.7 Å². The van der Waals surface area contributed by atoms with E-state index in [9.17, 15) is 22.0 Å². The maximum absolute atomic E-state index is 14.7. The smallest absolute Gasteiger partial charge is 0.408 e. The number of benzene rings is 2. The van der Waals surface area contributed by atoms with Crippen molar-refractivity contribution >= 4 is 33.6 Å². The number of ether oxygens (including phenoxy) is 2. The highest BCUT2D eigenvalue weighted by Gasteiger charge is 2.38. The summed E-state index contributed by atoms with van der Waals surface area (Å²) in [5.74, 6) is -2.25. The lowest BCUT2D eigenvalue weighted by Crippen LogP contribution is -2.48. The van der Waals surface area contributed by atoms with Crippen molar-refractivity contribution in [2.75, 3.05) is 32.6 Å². The van der Waals surface area contributed by atoms with E-state index in [1.54, 1.807) is 24.3 Å². The second-order valence-corrected chi connectivity index (χ2v) is 10.1. The number of amides is 1. The van der Waals surface area contributed by atoms with Crippen LogP contribution in [-0.4, -0.2) is 59.0 Å². The van der Waals surface area contributed by atoms with Gasteiger partial charge in [-0.15, -0.1) is 0 Å². The van der Waals surface area contributed by atoms with E-state index in [4.69, 9.17) is 30.1 Å². The van der Waals surface area contributed by atoms with Crippen molar-refractivity contribution in [1.29, 1.82) is 0 Å². The highest BCUT2D eigenvalue weighted by molar-refractivity contribution is 7.86. The summed E-state index contributed by atoms with van der Waals surface area (Å²) in [6.45, 7) is 0.798. The molecule has 2 N–H and O–H groups in total. The molecule has 10 nitrogen and oxygen atoms in total. The summed E-state index contributed by atoms with van der Waals surface area (Å²) >= 11 is 5.74. The molecule has 0 saturated carbocycles. The van der Waals surface area contributed by atoms with E-state index in [0.717, 1.165) is 12.1 Å². The molecular formula is C23H26ClF2N3O7S. The Hall–Kier alpha value is -3.00. The number of halogens is 3. The number of carbonyl (C=O) groups excluding carboxylic acids is 1. The van der Waals surface area contributed by atoms with Crippen LogP contribution in [0.1, 0.15) is 24.0 Å². The van der Waals surface area contributed by atoms with Crippen LogP contribution in [0.15, 0.2) is 41.4 Å². The molecule has 0 aliphatic carbocycles. The van der Waals surface area contributed by atoms with E-state index in [2.05, 4.69) is 15.8 Å². The molecule has 14 heteroatoms. The van der Waals surface area contributed by atoms with Crippen LogP contribution >= 0.6 is 11.6 Å². The fourth-order valence-electron chi connectivity index (χ4n) is 3.47. The topological polar surface area (TPSA) is 125 Å². The Morgan fingerprint density at radius 2 is 1.84 bits per heavy atom. The fourth-order valence-corrected chi connectivity index (χ4v) is 4.15. The van der Waals surface area contributed by atoms with Gasteiger partial charge in [0.1, 0.15) is 35.9 Å². The number of hydroxylamine groups is 1. The van der Waals surface area contributed by atoms with Gasteiger partial charge in [-0.3, -0.25) is 19.5 Å². The van der Waals surface area contributed by atoms with Gasteiger partial charge < -0.3 is 14.8 Å². The van der Waals surface area contributed by atoms with E-state index in [0.29, 0.717) is 11.3 Å². The third-order valence-electron chi connectivity index (χ3n) is 5.35. The van der Waals surface area contributed by atoms with Crippen LogP contribution in [0.4, 0.5) is 13.6 Å². The minimum Gasteiger partial charge on any atom is -0.497 e. The van der Waals surface area contributed by atoms with Crippen LogP contribution in [0.2, 0.25) is 5.02 Å². The average molecular weight is 562 g/mol. The van der Waals surface area contributed by atoms with E-state index in [1.807, 2.05) is 0 Å². The Bertz CT molecular complexity index is 1210. The summed E-state index contributed by atoms with van der Waals surface area (Å²) in [6, 6.07) is 7.71. The zero-order chi connectivity index (χ0) is 27.0. The van der Waals surface area contributed by atoms with Gasteiger partial charge in [0.2, 0.25) is 0 Å². The van der Waals surface area contributed by atoms with Crippen molar-refractivity contribution in [2.45, 2.75) is 25.5 Å². The van der Waals surface area contributed by atoms with Gasteiger partial charge in [-0.05, 0) is 36.8 Å². The lowest BCUT2D eigenvalue weighted by atomic mass is 9.92. The lowest BCUT2D eigenvalue weighted by molar-refractivity contribution is 0.0589. The first-order valence-corrected chi connectivity index (χ1v) is 13.1. The van der Waals surface area contributed by atoms with E-state index in [-0.39, 0.29) is 48.5 Å². The van der Waals surface area contributed by atoms with Gasteiger partial charge in [0, 0.05) is 16.5 Å². The number of nitrogens with one attached hydrogen (secondary N) is 2. The van der Waals surface area contributed by atoms with Crippen molar-refractivity contribution in [1.82, 2.24) is 10.8 Å². The number of nitrogens with zero attached hydrogens (tertiary/aromatic N) is 1. The predicted octanol–water partition coefficient (Wildman–Crippen LogP) is 3.31. The summed E-state index contributed by atoms with van der Waals surface area (Å²) in [6.07, 6.45) is -0.866. The first-order chi connectivity index (χ1) is 17.6. The number of rotatable bonds is 11. The molecule has 202 valence electrons. The Morgan fingerprint density at radius 3 is 2.46 bits per heavy atom. The normalized spacial score (nSPS) is 17.3. The van der Waals surface area contributed by atoms with Crippen LogP contribution in [0.3, 0.4) is 0 Å². The molecule has 0 saturated heterocycles. The molecule has 3 rings (SSSR count). The quantitative estimate of drug-likeness (QED) is 0.243. The van der Waals surface area contributed by atoms with Crippen molar-refractivity contribution in [3.8, 4) is 5.75 Å². The van der Waals surface area contributed by atoms with Crippen LogP contribution in [-0.2, 0) is 30.5 Å². The standard InChI is InChI=1S/C23H26ClF2N3O7S/c1-3-37(31,32)36-9-8-35-29-22-21(17(12-27-22)20-18(25)10-15(24)11-19(20)26)28-23(30)34-13-14-4-6-16(33-2)7-5-14/h4-7,10-11,17,21H,3,8-9,12-13H2,1-2H3,(H,27,29)(H,28,30)/t17-,21-/m0/s1. The number of alkyl carbamates (subject to hydrolysis) is 1. The Balaban J connectivity index is 1.68. The van der Waals surface area contributed by atoms with Crippen molar-refractivity contribution in [3.05, 3.63) is 64.2 Å². The molecule has 1 amide bonds. The maximum Gasteiger partial charge on any atom is 0.408 e.